The van der Waals surface area contributed by atoms with E-state index >= 15 is 0 Å². The number of nitrogens with zero attached hydrogens (tertiary/aromatic N) is 1. The molecule has 1 heterocycles. The summed E-state index contributed by atoms with van der Waals surface area (Å²) in [6.07, 6.45) is 0.139. The Morgan fingerprint density at radius 3 is 2.36 bits per heavy atom. The standard InChI is InChI=1S/C30H30N4O5/c35-24-15-12-21(13-16-24)19-32-28(36)26(11-6-18-31-30(38)39-20-22-7-2-1-3-8-22)34-29(37)27-17-14-23-9-4-5-10-25(23)33-27/h1-5,7-10,12-17,26,35H,6,11,18-20H2,(H,31,38)(H,32,36)(H,34,37). The molecule has 0 bridgehead atoms. The second-order valence-corrected chi connectivity index (χ2v) is 8.93. The Labute approximate surface area is 226 Å². The van der Waals surface area contributed by atoms with Crippen LogP contribution in [0.15, 0.2) is 91.0 Å². The number of rotatable bonds is 11. The number of carbonyl (C=O) groups excluding carboxylic acids is 3. The molecular formula is C30H30N4O5. The minimum Gasteiger partial charge on any atom is -0.508 e. The van der Waals surface area contributed by atoms with Crippen molar-refractivity contribution in [3.8, 4) is 5.75 Å². The van der Waals surface area contributed by atoms with Gasteiger partial charge in [-0.15, -0.1) is 0 Å². The summed E-state index contributed by atoms with van der Waals surface area (Å²) < 4.78 is 5.21. The SMILES string of the molecule is O=C(NCCCC(NC(=O)c1ccc2ccccc2n1)C(=O)NCc1ccc(O)cc1)OCc1ccccc1. The number of para-hydroxylation sites is 1. The number of amides is 3. The normalized spacial score (nSPS) is 11.4. The Bertz CT molecular complexity index is 1410. The third kappa shape index (κ3) is 8.29. The highest BCUT2D eigenvalue weighted by Gasteiger charge is 2.22. The van der Waals surface area contributed by atoms with Crippen LogP contribution in [0.5, 0.6) is 5.75 Å². The van der Waals surface area contributed by atoms with Gasteiger partial charge in [0.25, 0.3) is 5.91 Å². The van der Waals surface area contributed by atoms with E-state index < -0.39 is 18.0 Å². The Balaban J connectivity index is 1.33. The van der Waals surface area contributed by atoms with E-state index in [0.29, 0.717) is 11.9 Å². The number of aromatic hydroxyl groups is 1. The maximum Gasteiger partial charge on any atom is 0.407 e. The largest absolute Gasteiger partial charge is 0.508 e. The molecule has 0 saturated heterocycles. The van der Waals surface area contributed by atoms with E-state index in [1.54, 1.807) is 18.2 Å². The number of hydrogen-bond acceptors (Lipinski definition) is 6. The highest BCUT2D eigenvalue weighted by molar-refractivity contribution is 5.97. The summed E-state index contributed by atoms with van der Waals surface area (Å²) >= 11 is 0. The van der Waals surface area contributed by atoms with Crippen molar-refractivity contribution in [2.24, 2.45) is 0 Å². The van der Waals surface area contributed by atoms with Crippen LogP contribution in [0, 0.1) is 0 Å². The van der Waals surface area contributed by atoms with E-state index in [-0.39, 0.29) is 43.5 Å². The lowest BCUT2D eigenvalue weighted by Gasteiger charge is -2.19. The minimum absolute atomic E-state index is 0.132. The number of benzene rings is 3. The molecule has 39 heavy (non-hydrogen) atoms. The highest BCUT2D eigenvalue weighted by atomic mass is 16.5. The van der Waals surface area contributed by atoms with Crippen LogP contribution in [-0.2, 0) is 22.7 Å². The van der Waals surface area contributed by atoms with Crippen molar-refractivity contribution in [1.29, 1.82) is 0 Å². The molecule has 1 unspecified atom stereocenters. The summed E-state index contributed by atoms with van der Waals surface area (Å²) in [7, 11) is 0. The van der Waals surface area contributed by atoms with Gasteiger partial charge in [0.05, 0.1) is 5.52 Å². The van der Waals surface area contributed by atoms with Gasteiger partial charge in [0.2, 0.25) is 5.91 Å². The Morgan fingerprint density at radius 2 is 1.56 bits per heavy atom. The summed E-state index contributed by atoms with van der Waals surface area (Å²) in [5, 5.41) is 18.7. The maximum absolute atomic E-state index is 13.0. The van der Waals surface area contributed by atoms with Crippen molar-refractivity contribution in [1.82, 2.24) is 20.9 Å². The lowest BCUT2D eigenvalue weighted by molar-refractivity contribution is -0.123. The van der Waals surface area contributed by atoms with Gasteiger partial charge >= 0.3 is 6.09 Å². The average molecular weight is 527 g/mol. The molecule has 4 rings (SSSR count). The monoisotopic (exact) mass is 526 g/mol. The fourth-order valence-corrected chi connectivity index (χ4v) is 3.89. The summed E-state index contributed by atoms with van der Waals surface area (Å²) in [4.78, 5) is 42.5. The van der Waals surface area contributed by atoms with Crippen LogP contribution in [0.3, 0.4) is 0 Å². The molecule has 3 amide bonds. The number of aromatic nitrogens is 1. The number of fused-ring (bicyclic) bond motifs is 1. The Morgan fingerprint density at radius 1 is 0.821 bits per heavy atom. The van der Waals surface area contributed by atoms with E-state index in [9.17, 15) is 19.5 Å². The quantitative estimate of drug-likeness (QED) is 0.218. The predicted octanol–water partition coefficient (Wildman–Crippen LogP) is 4.06. The lowest BCUT2D eigenvalue weighted by atomic mass is 10.1. The van der Waals surface area contributed by atoms with Crippen molar-refractivity contribution in [2.75, 3.05) is 6.54 Å². The van der Waals surface area contributed by atoms with Crippen molar-refractivity contribution >= 4 is 28.8 Å². The molecule has 0 saturated carbocycles. The molecule has 3 aromatic carbocycles. The van der Waals surface area contributed by atoms with Crippen LogP contribution < -0.4 is 16.0 Å². The summed E-state index contributed by atoms with van der Waals surface area (Å²) in [6, 6.07) is 25.8. The Hall–Kier alpha value is -4.92. The van der Waals surface area contributed by atoms with Gasteiger partial charge in [-0.3, -0.25) is 9.59 Å². The van der Waals surface area contributed by atoms with Crippen LogP contribution in [0.2, 0.25) is 0 Å². The highest BCUT2D eigenvalue weighted by Crippen LogP contribution is 2.13. The molecule has 4 N–H and O–H groups in total. The van der Waals surface area contributed by atoms with E-state index in [2.05, 4.69) is 20.9 Å². The van der Waals surface area contributed by atoms with Crippen molar-refractivity contribution in [3.05, 3.63) is 108 Å². The van der Waals surface area contributed by atoms with Crippen molar-refractivity contribution < 1.29 is 24.2 Å². The van der Waals surface area contributed by atoms with E-state index in [0.717, 1.165) is 16.5 Å². The first-order chi connectivity index (χ1) is 19.0. The van der Waals surface area contributed by atoms with Crippen molar-refractivity contribution in [2.45, 2.75) is 32.0 Å². The summed E-state index contributed by atoms with van der Waals surface area (Å²) in [5.74, 6) is -0.711. The van der Waals surface area contributed by atoms with Gasteiger partial charge in [-0.2, -0.15) is 0 Å². The van der Waals surface area contributed by atoms with E-state index in [4.69, 9.17) is 4.74 Å². The zero-order chi connectivity index (χ0) is 27.5. The van der Waals surface area contributed by atoms with E-state index in [1.807, 2.05) is 60.7 Å². The van der Waals surface area contributed by atoms with Crippen LogP contribution >= 0.6 is 0 Å². The van der Waals surface area contributed by atoms with Gasteiger partial charge in [-0.1, -0.05) is 66.7 Å². The van der Waals surface area contributed by atoms with E-state index in [1.165, 1.54) is 12.1 Å². The van der Waals surface area contributed by atoms with Crippen LogP contribution in [-0.4, -0.2) is 40.6 Å². The second-order valence-electron chi connectivity index (χ2n) is 8.93. The molecule has 200 valence electrons. The number of nitrogens with one attached hydrogen (secondary N) is 3. The van der Waals surface area contributed by atoms with Gasteiger partial charge < -0.3 is 25.8 Å². The molecule has 1 atom stereocenters. The number of pyridine rings is 1. The number of carbonyl (C=O) groups is 3. The average Bonchev–Trinajstić information content (AvgIpc) is 2.97. The van der Waals surface area contributed by atoms with Crippen LogP contribution in [0.1, 0.15) is 34.5 Å². The third-order valence-electron chi connectivity index (χ3n) is 6.01. The zero-order valence-corrected chi connectivity index (χ0v) is 21.3. The van der Waals surface area contributed by atoms with Gasteiger partial charge in [-0.25, -0.2) is 9.78 Å². The molecule has 0 spiro atoms. The topological polar surface area (TPSA) is 130 Å². The molecule has 0 aliphatic rings. The molecule has 9 nitrogen and oxygen atoms in total. The van der Waals surface area contributed by atoms with Gasteiger partial charge in [0, 0.05) is 18.5 Å². The predicted molar refractivity (Wildman–Crippen MR) is 147 cm³/mol. The maximum atomic E-state index is 13.0. The third-order valence-corrected chi connectivity index (χ3v) is 6.01. The number of ether oxygens (including phenoxy) is 1. The van der Waals surface area contributed by atoms with Crippen LogP contribution in [0.4, 0.5) is 4.79 Å². The van der Waals surface area contributed by atoms with Gasteiger partial charge in [0.1, 0.15) is 24.1 Å². The number of hydrogen-bond donors (Lipinski definition) is 4. The molecule has 9 heteroatoms. The van der Waals surface area contributed by atoms with Crippen molar-refractivity contribution in [3.63, 3.8) is 0 Å². The molecule has 1 aromatic heterocycles. The van der Waals surface area contributed by atoms with Gasteiger partial charge in [-0.05, 0) is 48.2 Å². The zero-order valence-electron chi connectivity index (χ0n) is 21.3. The second kappa shape index (κ2) is 13.6. The number of alkyl carbamates (subject to hydrolysis) is 1. The first-order valence-electron chi connectivity index (χ1n) is 12.6. The molecule has 0 fully saturated rings. The fraction of sp³-hybridized carbons (Fsp3) is 0.200. The lowest BCUT2D eigenvalue weighted by Crippen LogP contribution is -2.47. The molecule has 0 radical (unpaired) electrons. The van der Waals surface area contributed by atoms with Crippen LogP contribution in [0.25, 0.3) is 10.9 Å². The molecule has 0 aliphatic heterocycles. The molecular weight excluding hydrogens is 496 g/mol. The summed E-state index contributed by atoms with van der Waals surface area (Å²) in [6.45, 7) is 0.646. The fourth-order valence-electron chi connectivity index (χ4n) is 3.89. The summed E-state index contributed by atoms with van der Waals surface area (Å²) in [5.41, 5.74) is 2.55. The van der Waals surface area contributed by atoms with Gasteiger partial charge in [0.15, 0.2) is 0 Å². The molecule has 0 aliphatic carbocycles. The molecule has 4 aromatic rings. The first kappa shape index (κ1) is 27.1. The number of phenols is 1. The smallest absolute Gasteiger partial charge is 0.407 e. The first-order valence-corrected chi connectivity index (χ1v) is 12.6. The number of phenolic OH excluding ortho intramolecular Hbond substituents is 1. The Kier molecular flexibility index (Phi) is 9.44. The minimum atomic E-state index is -0.856.